The molecule has 0 radical (unpaired) electrons. The molecule has 150 valence electrons. The molecule has 2 saturated carbocycles. The fraction of sp³-hybridized carbons (Fsp3) is 0.864. The van der Waals surface area contributed by atoms with E-state index in [0.29, 0.717) is 18.4 Å². The number of esters is 1. The molecule has 0 bridgehead atoms. The molecular weight excluding hydrogens is 342 g/mol. The Labute approximate surface area is 162 Å². The zero-order valence-corrected chi connectivity index (χ0v) is 17.2. The summed E-state index contributed by atoms with van der Waals surface area (Å²) in [6, 6.07) is 0.416. The van der Waals surface area contributed by atoms with Crippen LogP contribution in [-0.2, 0) is 14.3 Å². The van der Waals surface area contributed by atoms with Gasteiger partial charge in [-0.15, -0.1) is 0 Å². The van der Waals surface area contributed by atoms with Crippen molar-refractivity contribution in [2.75, 3.05) is 20.7 Å². The van der Waals surface area contributed by atoms with Crippen LogP contribution in [-0.4, -0.2) is 61.0 Å². The highest BCUT2D eigenvalue weighted by Crippen LogP contribution is 2.67. The molecule has 5 aliphatic rings. The fourth-order valence-electron chi connectivity index (χ4n) is 7.78. The van der Waals surface area contributed by atoms with Crippen LogP contribution < -0.4 is 0 Å². The number of rotatable bonds is 1. The van der Waals surface area contributed by atoms with E-state index >= 15 is 0 Å². The molecule has 0 aromatic carbocycles. The van der Waals surface area contributed by atoms with Gasteiger partial charge in [-0.05, 0) is 69.7 Å². The average molecular weight is 376 g/mol. The van der Waals surface area contributed by atoms with Crippen molar-refractivity contribution in [3.63, 3.8) is 0 Å². The Hall–Kier alpha value is -0.910. The Bertz CT molecular complexity index is 719. The molecule has 4 fully saturated rings. The van der Waals surface area contributed by atoms with Crippen molar-refractivity contribution in [1.82, 2.24) is 4.90 Å². The van der Waals surface area contributed by atoms with Crippen molar-refractivity contribution in [2.45, 2.75) is 70.8 Å². The highest BCUT2D eigenvalue weighted by atomic mass is 16.6. The van der Waals surface area contributed by atoms with Crippen molar-refractivity contribution in [3.8, 4) is 0 Å². The van der Waals surface area contributed by atoms with Crippen LogP contribution in [0, 0.1) is 28.1 Å². The van der Waals surface area contributed by atoms with Crippen LogP contribution in [0.3, 0.4) is 0 Å². The number of nitrogens with zero attached hydrogens (tertiary/aromatic N) is 1. The molecule has 0 spiro atoms. The van der Waals surface area contributed by atoms with Crippen LogP contribution in [0.5, 0.6) is 0 Å². The predicted octanol–water partition coefficient (Wildman–Crippen LogP) is 2.38. The lowest BCUT2D eigenvalue weighted by Crippen LogP contribution is -2.60. The average Bonchev–Trinajstić information content (AvgIpc) is 3.08. The molecule has 1 N–H and O–H groups in total. The van der Waals surface area contributed by atoms with E-state index in [2.05, 4.69) is 38.9 Å². The summed E-state index contributed by atoms with van der Waals surface area (Å²) in [5, 5.41) is 10.7. The summed E-state index contributed by atoms with van der Waals surface area (Å²) in [7, 11) is 4.29. The minimum atomic E-state index is -0.775. The van der Waals surface area contributed by atoms with Crippen LogP contribution in [0.1, 0.15) is 46.5 Å². The topological polar surface area (TPSA) is 59.0 Å². The first-order valence-electron chi connectivity index (χ1n) is 10.5. The molecule has 2 heterocycles. The van der Waals surface area contributed by atoms with Gasteiger partial charge in [-0.3, -0.25) is 4.79 Å². The molecule has 9 atom stereocenters. The SMILES string of the molecule is CN(C)[C@H]1CO[C@@H]2C3=C[C@H]4OC(=O)[C@]5(C)[C@H]4[C@](C)(CC[C@@H]5O)[C@H]3CC[C@@]21C. The van der Waals surface area contributed by atoms with Gasteiger partial charge in [-0.1, -0.05) is 13.8 Å². The summed E-state index contributed by atoms with van der Waals surface area (Å²) in [5.74, 6) is 0.261. The Balaban J connectivity index is 1.60. The first kappa shape index (κ1) is 18.1. The van der Waals surface area contributed by atoms with E-state index in [1.54, 1.807) is 0 Å². The van der Waals surface area contributed by atoms with E-state index in [1.165, 1.54) is 5.57 Å². The van der Waals surface area contributed by atoms with Crippen molar-refractivity contribution in [1.29, 1.82) is 0 Å². The van der Waals surface area contributed by atoms with Crippen molar-refractivity contribution in [2.24, 2.45) is 28.1 Å². The zero-order chi connectivity index (χ0) is 19.4. The summed E-state index contributed by atoms with van der Waals surface area (Å²) in [4.78, 5) is 15.1. The summed E-state index contributed by atoms with van der Waals surface area (Å²) < 4.78 is 12.3. The number of fused-ring (bicyclic) bond motifs is 4. The molecule has 5 heteroatoms. The highest BCUT2D eigenvalue weighted by Gasteiger charge is 2.70. The van der Waals surface area contributed by atoms with Gasteiger partial charge in [-0.25, -0.2) is 0 Å². The van der Waals surface area contributed by atoms with Crippen LogP contribution in [0.4, 0.5) is 0 Å². The van der Waals surface area contributed by atoms with E-state index in [4.69, 9.17) is 9.47 Å². The van der Waals surface area contributed by atoms with E-state index in [0.717, 1.165) is 25.9 Å². The standard InChI is InChI=1S/C22H33NO4/c1-20-9-7-16(24)22(3)17(20)14(27-19(22)25)10-12-13(20)6-8-21(2)15(23(4)5)11-26-18(12)21/h10,13-18,24H,6-9,11H2,1-5H3/t13-,14+,15-,16-,17+,18+,20+,21+,22-/m0/s1. The monoisotopic (exact) mass is 375 g/mol. The van der Waals surface area contributed by atoms with Gasteiger partial charge in [0.15, 0.2) is 0 Å². The number of likely N-dealkylation sites (N-methyl/N-ethyl adjacent to an activating group) is 1. The molecule has 0 unspecified atom stereocenters. The van der Waals surface area contributed by atoms with Gasteiger partial charge in [0.25, 0.3) is 0 Å². The van der Waals surface area contributed by atoms with Gasteiger partial charge in [0.1, 0.15) is 6.10 Å². The third kappa shape index (κ3) is 1.99. The maximum absolute atomic E-state index is 12.8. The van der Waals surface area contributed by atoms with Gasteiger partial charge >= 0.3 is 5.97 Å². The Kier molecular flexibility index (Phi) is 3.61. The highest BCUT2D eigenvalue weighted by molar-refractivity contribution is 5.81. The summed E-state index contributed by atoms with van der Waals surface area (Å²) in [6.45, 7) is 7.41. The molecular formula is C22H33NO4. The minimum Gasteiger partial charge on any atom is -0.457 e. The lowest BCUT2D eigenvalue weighted by molar-refractivity contribution is -0.159. The summed E-state index contributed by atoms with van der Waals surface area (Å²) in [5.41, 5.74) is 0.680. The number of aliphatic hydroxyl groups excluding tert-OH is 1. The first-order valence-corrected chi connectivity index (χ1v) is 10.5. The fourth-order valence-corrected chi connectivity index (χ4v) is 7.78. The molecule has 5 rings (SSSR count). The van der Waals surface area contributed by atoms with Crippen LogP contribution in [0.2, 0.25) is 0 Å². The molecule has 3 aliphatic carbocycles. The maximum atomic E-state index is 12.8. The number of ether oxygens (including phenoxy) is 2. The van der Waals surface area contributed by atoms with Crippen LogP contribution >= 0.6 is 0 Å². The largest absolute Gasteiger partial charge is 0.457 e. The quantitative estimate of drug-likeness (QED) is 0.563. The van der Waals surface area contributed by atoms with Crippen molar-refractivity contribution >= 4 is 5.97 Å². The van der Waals surface area contributed by atoms with Crippen molar-refractivity contribution in [3.05, 3.63) is 11.6 Å². The molecule has 5 nitrogen and oxygen atoms in total. The van der Waals surface area contributed by atoms with E-state index in [9.17, 15) is 9.90 Å². The summed E-state index contributed by atoms with van der Waals surface area (Å²) in [6.07, 6.45) is 5.41. The second-order valence-corrected chi connectivity index (χ2v) is 10.6. The molecule has 2 aliphatic heterocycles. The number of carbonyl (C=O) groups is 1. The lowest BCUT2D eigenvalue weighted by atomic mass is 9.44. The third-order valence-corrected chi connectivity index (χ3v) is 9.25. The number of carbonyl (C=O) groups excluding carboxylic acids is 1. The Morgan fingerprint density at radius 1 is 1.15 bits per heavy atom. The van der Waals surface area contributed by atoms with Gasteiger partial charge < -0.3 is 19.5 Å². The number of aliphatic hydroxyl groups is 1. The van der Waals surface area contributed by atoms with Crippen LogP contribution in [0.25, 0.3) is 0 Å². The van der Waals surface area contributed by atoms with E-state index < -0.39 is 11.5 Å². The molecule has 0 aromatic rings. The smallest absolute Gasteiger partial charge is 0.315 e. The lowest BCUT2D eigenvalue weighted by Gasteiger charge is -2.59. The molecule has 27 heavy (non-hydrogen) atoms. The molecule has 2 saturated heterocycles. The normalized spacial score (nSPS) is 56.3. The zero-order valence-electron chi connectivity index (χ0n) is 17.2. The van der Waals surface area contributed by atoms with Crippen molar-refractivity contribution < 1.29 is 19.4 Å². The Morgan fingerprint density at radius 2 is 1.85 bits per heavy atom. The predicted molar refractivity (Wildman–Crippen MR) is 101 cm³/mol. The second-order valence-electron chi connectivity index (χ2n) is 10.6. The van der Waals surface area contributed by atoms with Crippen LogP contribution in [0.15, 0.2) is 11.6 Å². The van der Waals surface area contributed by atoms with E-state index in [1.807, 2.05) is 6.92 Å². The van der Waals surface area contributed by atoms with E-state index in [-0.39, 0.29) is 34.9 Å². The number of hydrogen-bond acceptors (Lipinski definition) is 5. The summed E-state index contributed by atoms with van der Waals surface area (Å²) >= 11 is 0. The molecule has 0 amide bonds. The first-order chi connectivity index (χ1) is 12.6. The second kappa shape index (κ2) is 5.37. The third-order valence-electron chi connectivity index (χ3n) is 9.25. The van der Waals surface area contributed by atoms with Gasteiger partial charge in [0.05, 0.1) is 24.2 Å². The van der Waals surface area contributed by atoms with Gasteiger partial charge in [-0.2, -0.15) is 0 Å². The van der Waals surface area contributed by atoms with Gasteiger partial charge in [0.2, 0.25) is 0 Å². The Morgan fingerprint density at radius 3 is 2.56 bits per heavy atom. The number of hydrogen-bond donors (Lipinski definition) is 1. The van der Waals surface area contributed by atoms with Gasteiger partial charge in [0, 0.05) is 17.4 Å². The maximum Gasteiger partial charge on any atom is 0.315 e. The minimum absolute atomic E-state index is 0.0181. The molecule has 0 aromatic heterocycles.